The molecule has 6 nitrogen and oxygen atoms in total. The molecule has 0 aromatic rings. The Morgan fingerprint density at radius 2 is 0.470 bits per heavy atom. The zero-order valence-corrected chi connectivity index (χ0v) is 55.5. The third kappa shape index (κ3) is 69.5. The molecule has 0 saturated carbocycles. The van der Waals surface area contributed by atoms with Gasteiger partial charge in [0, 0.05) is 19.3 Å². The van der Waals surface area contributed by atoms with E-state index < -0.39 is 6.10 Å². The fourth-order valence-corrected chi connectivity index (χ4v) is 10.8. The van der Waals surface area contributed by atoms with E-state index in [-0.39, 0.29) is 31.1 Å². The third-order valence-electron chi connectivity index (χ3n) is 16.2. The van der Waals surface area contributed by atoms with Crippen LogP contribution in [0.15, 0.2) is 72.9 Å². The molecule has 6 heteroatoms. The molecular formula is C77H138O6. The molecule has 0 radical (unpaired) electrons. The van der Waals surface area contributed by atoms with Gasteiger partial charge in [-0.05, 0) is 70.6 Å². The van der Waals surface area contributed by atoms with Gasteiger partial charge < -0.3 is 14.2 Å². The summed E-state index contributed by atoms with van der Waals surface area (Å²) in [5.41, 5.74) is 0. The van der Waals surface area contributed by atoms with Gasteiger partial charge in [-0.3, -0.25) is 14.4 Å². The van der Waals surface area contributed by atoms with Crippen LogP contribution in [-0.2, 0) is 28.6 Å². The summed E-state index contributed by atoms with van der Waals surface area (Å²) in [5.74, 6) is -0.875. The van der Waals surface area contributed by atoms with Crippen molar-refractivity contribution >= 4 is 17.9 Å². The van der Waals surface area contributed by atoms with Gasteiger partial charge in [-0.15, -0.1) is 0 Å². The minimum Gasteiger partial charge on any atom is -0.462 e. The van der Waals surface area contributed by atoms with Gasteiger partial charge in [0.25, 0.3) is 0 Å². The number of carbonyl (C=O) groups excluding carboxylic acids is 3. The zero-order valence-electron chi connectivity index (χ0n) is 55.5. The predicted molar refractivity (Wildman–Crippen MR) is 362 cm³/mol. The number of hydrogen-bond acceptors (Lipinski definition) is 6. The summed E-state index contributed by atoms with van der Waals surface area (Å²) < 4.78 is 16.9. The van der Waals surface area contributed by atoms with Crippen LogP contribution in [0.4, 0.5) is 0 Å². The average molecular weight is 1160 g/mol. The molecule has 0 fully saturated rings. The lowest BCUT2D eigenvalue weighted by atomic mass is 10.0. The van der Waals surface area contributed by atoms with Gasteiger partial charge in [0.1, 0.15) is 13.2 Å². The Morgan fingerprint density at radius 1 is 0.253 bits per heavy atom. The van der Waals surface area contributed by atoms with Crippen LogP contribution in [0.1, 0.15) is 380 Å². The van der Waals surface area contributed by atoms with E-state index in [0.29, 0.717) is 19.3 Å². The monoisotopic (exact) mass is 1160 g/mol. The Bertz CT molecular complexity index is 1520. The normalized spacial score (nSPS) is 12.5. The van der Waals surface area contributed by atoms with Crippen LogP contribution < -0.4 is 0 Å². The molecule has 0 aliphatic heterocycles. The van der Waals surface area contributed by atoms with E-state index in [2.05, 4.69) is 93.7 Å². The molecule has 0 rings (SSSR count). The van der Waals surface area contributed by atoms with Gasteiger partial charge in [-0.2, -0.15) is 0 Å². The van der Waals surface area contributed by atoms with Crippen LogP contribution in [0, 0.1) is 0 Å². The van der Waals surface area contributed by atoms with Crippen molar-refractivity contribution in [3.63, 3.8) is 0 Å². The van der Waals surface area contributed by atoms with Crippen molar-refractivity contribution in [1.82, 2.24) is 0 Å². The molecule has 0 aliphatic rings. The molecule has 1 atom stereocenters. The minimum absolute atomic E-state index is 0.0748. The van der Waals surface area contributed by atoms with Gasteiger partial charge in [0.05, 0.1) is 0 Å². The second kappa shape index (κ2) is 71.3. The smallest absolute Gasteiger partial charge is 0.306 e. The molecule has 0 aliphatic carbocycles. The maximum atomic E-state index is 12.9. The molecule has 0 N–H and O–H groups in total. The number of ether oxygens (including phenoxy) is 3. The fourth-order valence-electron chi connectivity index (χ4n) is 10.8. The Morgan fingerprint density at radius 3 is 0.735 bits per heavy atom. The van der Waals surface area contributed by atoms with E-state index in [0.717, 1.165) is 103 Å². The van der Waals surface area contributed by atoms with E-state index in [1.165, 1.54) is 238 Å². The molecule has 1 unspecified atom stereocenters. The molecule has 0 saturated heterocycles. The topological polar surface area (TPSA) is 78.9 Å². The first kappa shape index (κ1) is 79.8. The summed E-state index contributed by atoms with van der Waals surface area (Å²) in [5, 5.41) is 0. The van der Waals surface area contributed by atoms with Crippen LogP contribution in [0.25, 0.3) is 0 Å². The molecule has 0 aromatic carbocycles. The standard InChI is InChI=1S/C77H138O6/c1-4-7-10-13-16-18-20-22-24-26-28-30-32-34-36-37-38-39-40-42-43-45-47-49-51-53-55-57-59-61-64-67-70-76(79)82-73-74(72-81-75(78)69-66-63-15-12-9-6-3)83-77(80)71-68-65-62-60-58-56-54-52-50-48-46-44-41-35-33-31-29-27-25-23-21-19-17-14-11-8-5-2/h8,11,17,19,23,25,29,31,35,41,46,48,74H,4-7,9-10,12-16,18,20-22,24,26-28,30,32-34,36-40,42-45,47,49-73H2,1-3H3/b11-8-,19-17-,25-23-,31-29-,41-35-,48-46-. The van der Waals surface area contributed by atoms with Crippen molar-refractivity contribution in [1.29, 1.82) is 0 Å². The van der Waals surface area contributed by atoms with Crippen molar-refractivity contribution < 1.29 is 28.6 Å². The summed E-state index contributed by atoms with van der Waals surface area (Å²) >= 11 is 0. The molecule has 0 bridgehead atoms. The van der Waals surface area contributed by atoms with Gasteiger partial charge in [0.2, 0.25) is 0 Å². The maximum absolute atomic E-state index is 12.9. The number of esters is 3. The van der Waals surface area contributed by atoms with Crippen molar-refractivity contribution in [2.24, 2.45) is 0 Å². The number of unbranched alkanes of at least 4 members (excludes halogenated alkanes) is 44. The van der Waals surface area contributed by atoms with Crippen molar-refractivity contribution in [3.8, 4) is 0 Å². The first-order valence-corrected chi connectivity index (χ1v) is 36.4. The van der Waals surface area contributed by atoms with E-state index in [1.54, 1.807) is 0 Å². The molecule has 83 heavy (non-hydrogen) atoms. The number of carbonyl (C=O) groups is 3. The van der Waals surface area contributed by atoms with Crippen LogP contribution >= 0.6 is 0 Å². The lowest BCUT2D eigenvalue weighted by Gasteiger charge is -2.18. The van der Waals surface area contributed by atoms with Crippen LogP contribution in [0.2, 0.25) is 0 Å². The van der Waals surface area contributed by atoms with Crippen LogP contribution in [0.5, 0.6) is 0 Å². The average Bonchev–Trinajstić information content (AvgIpc) is 3.48. The summed E-state index contributed by atoms with van der Waals surface area (Å²) in [4.78, 5) is 38.1. The highest BCUT2D eigenvalue weighted by molar-refractivity contribution is 5.71. The maximum Gasteiger partial charge on any atom is 0.306 e. The molecular weight excluding hydrogens is 1020 g/mol. The highest BCUT2D eigenvalue weighted by atomic mass is 16.6. The highest BCUT2D eigenvalue weighted by Crippen LogP contribution is 2.19. The SMILES string of the molecule is CC/C=C\C/C=C\C/C=C\C/C=C\C/C=C\C/C=C\CCCCCCCCCCC(=O)OC(COC(=O)CCCCCCCC)COC(=O)CCCCCCCCCCCCCCCCCCCCCCCCCCCCCCCCCC. The second-order valence-electron chi connectivity index (χ2n) is 24.5. The number of allylic oxidation sites excluding steroid dienone is 12. The second-order valence-corrected chi connectivity index (χ2v) is 24.5. The van der Waals surface area contributed by atoms with Crippen LogP contribution in [-0.4, -0.2) is 37.2 Å². The van der Waals surface area contributed by atoms with Gasteiger partial charge in [0.15, 0.2) is 6.10 Å². The summed E-state index contributed by atoms with van der Waals surface area (Å²) in [6.45, 7) is 6.51. The molecule has 482 valence electrons. The molecule has 0 heterocycles. The van der Waals surface area contributed by atoms with Gasteiger partial charge in [-0.25, -0.2) is 0 Å². The van der Waals surface area contributed by atoms with Gasteiger partial charge in [-0.1, -0.05) is 363 Å². The van der Waals surface area contributed by atoms with Crippen molar-refractivity contribution in [3.05, 3.63) is 72.9 Å². The van der Waals surface area contributed by atoms with E-state index in [9.17, 15) is 14.4 Å². The Hall–Kier alpha value is -3.15. The molecule has 0 amide bonds. The highest BCUT2D eigenvalue weighted by Gasteiger charge is 2.19. The zero-order chi connectivity index (χ0) is 59.9. The summed E-state index contributed by atoms with van der Waals surface area (Å²) in [6, 6.07) is 0. The third-order valence-corrected chi connectivity index (χ3v) is 16.2. The fraction of sp³-hybridized carbons (Fsp3) is 0.805. The molecule has 0 aromatic heterocycles. The Kier molecular flexibility index (Phi) is 68.6. The number of rotatable bonds is 67. The minimum atomic E-state index is -0.777. The summed E-state index contributed by atoms with van der Waals surface area (Å²) in [6.07, 6.45) is 94.2. The van der Waals surface area contributed by atoms with Gasteiger partial charge >= 0.3 is 17.9 Å². The summed E-state index contributed by atoms with van der Waals surface area (Å²) in [7, 11) is 0. The quantitative estimate of drug-likeness (QED) is 0.0261. The van der Waals surface area contributed by atoms with E-state index >= 15 is 0 Å². The first-order valence-electron chi connectivity index (χ1n) is 36.4. The van der Waals surface area contributed by atoms with E-state index in [4.69, 9.17) is 14.2 Å². The Balaban J connectivity index is 3.99. The van der Waals surface area contributed by atoms with Crippen molar-refractivity contribution in [2.45, 2.75) is 386 Å². The van der Waals surface area contributed by atoms with E-state index in [1.807, 2.05) is 0 Å². The van der Waals surface area contributed by atoms with Crippen molar-refractivity contribution in [2.75, 3.05) is 13.2 Å². The lowest BCUT2D eigenvalue weighted by molar-refractivity contribution is -0.167. The number of hydrogen-bond donors (Lipinski definition) is 0. The van der Waals surface area contributed by atoms with Crippen LogP contribution in [0.3, 0.4) is 0 Å². The lowest BCUT2D eigenvalue weighted by Crippen LogP contribution is -2.30. The Labute approximate surface area is 516 Å². The molecule has 0 spiro atoms. The predicted octanol–water partition coefficient (Wildman–Crippen LogP) is 25.2. The first-order chi connectivity index (χ1) is 41.0. The largest absolute Gasteiger partial charge is 0.462 e.